The molecule has 0 atom stereocenters. The number of carbonyl (C=O) groups is 1. The smallest absolute Gasteiger partial charge is 0.276 e. The molecule has 6 heteroatoms. The van der Waals surface area contributed by atoms with Gasteiger partial charge in [-0.05, 0) is 30.3 Å². The van der Waals surface area contributed by atoms with Gasteiger partial charge in [0, 0.05) is 22.7 Å². The fourth-order valence-corrected chi connectivity index (χ4v) is 2.63. The van der Waals surface area contributed by atoms with E-state index in [1.54, 1.807) is 36.5 Å². The molecule has 1 amide bonds. The van der Waals surface area contributed by atoms with Crippen LogP contribution >= 0.6 is 0 Å². The Kier molecular flexibility index (Phi) is 3.28. The standard InChI is InChI=1S/C18H12N4O2/c23-17-14-6-2-1-5-13(14)16(21-22-17)18(24)20-12-7-8-15-11(10-12)4-3-9-19-15/h1-10H,(H,20,24)(H,22,23). The van der Waals surface area contributed by atoms with Crippen molar-refractivity contribution in [1.29, 1.82) is 0 Å². The lowest BCUT2D eigenvalue weighted by Crippen LogP contribution is -2.19. The molecule has 0 aliphatic heterocycles. The van der Waals surface area contributed by atoms with Crippen LogP contribution < -0.4 is 10.9 Å². The van der Waals surface area contributed by atoms with E-state index in [9.17, 15) is 9.59 Å². The molecule has 0 spiro atoms. The first-order chi connectivity index (χ1) is 11.7. The van der Waals surface area contributed by atoms with Crippen LogP contribution in [-0.2, 0) is 0 Å². The molecule has 0 fully saturated rings. The Hall–Kier alpha value is -3.54. The lowest BCUT2D eigenvalue weighted by molar-refractivity contribution is 0.102. The maximum Gasteiger partial charge on any atom is 0.276 e. The second kappa shape index (κ2) is 5.58. The fraction of sp³-hybridized carbons (Fsp3) is 0. The highest BCUT2D eigenvalue weighted by Gasteiger charge is 2.14. The van der Waals surface area contributed by atoms with Crippen molar-refractivity contribution in [2.45, 2.75) is 0 Å². The molecule has 6 nitrogen and oxygen atoms in total. The molecule has 0 saturated heterocycles. The average Bonchev–Trinajstić information content (AvgIpc) is 2.62. The van der Waals surface area contributed by atoms with Crippen molar-refractivity contribution in [1.82, 2.24) is 15.2 Å². The Morgan fingerprint density at radius 2 is 1.83 bits per heavy atom. The number of pyridine rings is 1. The van der Waals surface area contributed by atoms with Gasteiger partial charge in [0.05, 0.1) is 10.9 Å². The van der Waals surface area contributed by atoms with Gasteiger partial charge in [0.2, 0.25) is 0 Å². The monoisotopic (exact) mass is 316 g/mol. The number of H-pyrrole nitrogens is 1. The number of anilines is 1. The number of carbonyl (C=O) groups excluding carboxylic acids is 1. The molecule has 116 valence electrons. The molecule has 2 aromatic heterocycles. The number of hydrogen-bond acceptors (Lipinski definition) is 4. The number of nitrogens with zero attached hydrogens (tertiary/aromatic N) is 2. The maximum atomic E-state index is 12.6. The summed E-state index contributed by atoms with van der Waals surface area (Å²) in [5.41, 5.74) is 1.34. The van der Waals surface area contributed by atoms with Crippen molar-refractivity contribution in [3.8, 4) is 0 Å². The molecule has 0 saturated carbocycles. The van der Waals surface area contributed by atoms with Crippen LogP contribution in [0, 0.1) is 0 Å². The summed E-state index contributed by atoms with van der Waals surface area (Å²) >= 11 is 0. The molecular formula is C18H12N4O2. The van der Waals surface area contributed by atoms with E-state index >= 15 is 0 Å². The van der Waals surface area contributed by atoms with Crippen LogP contribution in [0.3, 0.4) is 0 Å². The number of amides is 1. The normalized spacial score (nSPS) is 10.8. The fourth-order valence-electron chi connectivity index (χ4n) is 2.63. The van der Waals surface area contributed by atoms with Crippen molar-refractivity contribution < 1.29 is 4.79 Å². The van der Waals surface area contributed by atoms with Crippen LogP contribution in [0.1, 0.15) is 10.5 Å². The molecule has 4 rings (SSSR count). The number of fused-ring (bicyclic) bond motifs is 2. The van der Waals surface area contributed by atoms with Gasteiger partial charge >= 0.3 is 0 Å². The van der Waals surface area contributed by atoms with Crippen molar-refractivity contribution in [3.63, 3.8) is 0 Å². The van der Waals surface area contributed by atoms with Crippen LogP contribution in [0.15, 0.2) is 65.6 Å². The topological polar surface area (TPSA) is 87.7 Å². The zero-order valence-corrected chi connectivity index (χ0v) is 12.5. The molecule has 2 aromatic carbocycles. The van der Waals surface area contributed by atoms with E-state index in [0.29, 0.717) is 16.5 Å². The van der Waals surface area contributed by atoms with E-state index in [2.05, 4.69) is 20.5 Å². The van der Waals surface area contributed by atoms with E-state index in [4.69, 9.17) is 0 Å². The van der Waals surface area contributed by atoms with Gasteiger partial charge in [0.15, 0.2) is 5.69 Å². The third kappa shape index (κ3) is 2.40. The highest BCUT2D eigenvalue weighted by Crippen LogP contribution is 2.19. The molecule has 4 aromatic rings. The number of benzene rings is 2. The largest absolute Gasteiger partial charge is 0.321 e. The van der Waals surface area contributed by atoms with Crippen molar-refractivity contribution in [3.05, 3.63) is 76.8 Å². The molecular weight excluding hydrogens is 304 g/mol. The van der Waals surface area contributed by atoms with E-state index in [1.807, 2.05) is 24.3 Å². The van der Waals surface area contributed by atoms with E-state index < -0.39 is 0 Å². The molecule has 0 aliphatic rings. The summed E-state index contributed by atoms with van der Waals surface area (Å²) in [6.45, 7) is 0. The minimum Gasteiger partial charge on any atom is -0.321 e. The van der Waals surface area contributed by atoms with Gasteiger partial charge in [0.1, 0.15) is 0 Å². The molecule has 0 radical (unpaired) electrons. The summed E-state index contributed by atoms with van der Waals surface area (Å²) in [6, 6.07) is 16.1. The number of hydrogen-bond donors (Lipinski definition) is 2. The molecule has 2 heterocycles. The van der Waals surface area contributed by atoms with Crippen molar-refractivity contribution in [2.75, 3.05) is 5.32 Å². The molecule has 0 aliphatic carbocycles. The third-order valence-corrected chi connectivity index (χ3v) is 3.77. The highest BCUT2D eigenvalue weighted by molar-refractivity contribution is 6.11. The first kappa shape index (κ1) is 14.1. The Morgan fingerprint density at radius 1 is 1.00 bits per heavy atom. The quantitative estimate of drug-likeness (QED) is 0.595. The zero-order chi connectivity index (χ0) is 16.5. The Bertz CT molecular complexity index is 1130. The van der Waals surface area contributed by atoms with Crippen LogP contribution in [0.5, 0.6) is 0 Å². The Morgan fingerprint density at radius 3 is 2.71 bits per heavy atom. The number of rotatable bonds is 2. The predicted octanol–water partition coefficient (Wildman–Crippen LogP) is 2.72. The number of aromatic amines is 1. The highest BCUT2D eigenvalue weighted by atomic mass is 16.2. The van der Waals surface area contributed by atoms with Gasteiger partial charge in [-0.3, -0.25) is 14.6 Å². The van der Waals surface area contributed by atoms with Crippen LogP contribution in [0.2, 0.25) is 0 Å². The minimum absolute atomic E-state index is 0.177. The molecule has 24 heavy (non-hydrogen) atoms. The van der Waals surface area contributed by atoms with Gasteiger partial charge in [-0.25, -0.2) is 5.10 Å². The SMILES string of the molecule is O=C(Nc1ccc2ncccc2c1)c1n[nH]c(=O)c2ccccc12. The minimum atomic E-state index is -0.384. The lowest BCUT2D eigenvalue weighted by Gasteiger charge is -2.07. The van der Waals surface area contributed by atoms with Crippen LogP contribution in [0.4, 0.5) is 5.69 Å². The second-order valence-electron chi connectivity index (χ2n) is 5.31. The van der Waals surface area contributed by atoms with Crippen molar-refractivity contribution in [2.24, 2.45) is 0 Å². The molecule has 2 N–H and O–H groups in total. The zero-order valence-electron chi connectivity index (χ0n) is 12.5. The summed E-state index contributed by atoms with van der Waals surface area (Å²) < 4.78 is 0. The Labute approximate surface area is 136 Å². The van der Waals surface area contributed by atoms with Gasteiger partial charge < -0.3 is 5.32 Å². The maximum absolute atomic E-state index is 12.6. The van der Waals surface area contributed by atoms with E-state index in [-0.39, 0.29) is 17.2 Å². The molecule has 0 bridgehead atoms. The summed E-state index contributed by atoms with van der Waals surface area (Å²) in [7, 11) is 0. The van der Waals surface area contributed by atoms with Crippen LogP contribution in [-0.4, -0.2) is 21.1 Å². The summed E-state index contributed by atoms with van der Waals surface area (Å²) in [5, 5.41) is 10.9. The van der Waals surface area contributed by atoms with Gasteiger partial charge in [-0.15, -0.1) is 0 Å². The first-order valence-electron chi connectivity index (χ1n) is 7.36. The molecule has 0 unspecified atom stereocenters. The average molecular weight is 316 g/mol. The first-order valence-corrected chi connectivity index (χ1v) is 7.36. The summed E-state index contributed by atoms with van der Waals surface area (Å²) in [6.07, 6.45) is 1.72. The third-order valence-electron chi connectivity index (χ3n) is 3.77. The second-order valence-corrected chi connectivity index (χ2v) is 5.31. The number of aromatic nitrogens is 3. The summed E-state index contributed by atoms with van der Waals surface area (Å²) in [5.74, 6) is -0.384. The van der Waals surface area contributed by atoms with Gasteiger partial charge in [-0.2, -0.15) is 5.10 Å². The van der Waals surface area contributed by atoms with Crippen LogP contribution in [0.25, 0.3) is 21.7 Å². The number of nitrogens with one attached hydrogen (secondary N) is 2. The predicted molar refractivity (Wildman–Crippen MR) is 92.1 cm³/mol. The van der Waals surface area contributed by atoms with E-state index in [0.717, 1.165) is 10.9 Å². The van der Waals surface area contributed by atoms with Gasteiger partial charge in [0.25, 0.3) is 11.5 Å². The lowest BCUT2D eigenvalue weighted by atomic mass is 10.1. The summed E-state index contributed by atoms with van der Waals surface area (Å²) in [4.78, 5) is 28.6. The van der Waals surface area contributed by atoms with E-state index in [1.165, 1.54) is 0 Å². The van der Waals surface area contributed by atoms with Crippen molar-refractivity contribution >= 4 is 33.3 Å². The Balaban J connectivity index is 1.73. The van der Waals surface area contributed by atoms with Gasteiger partial charge in [-0.1, -0.05) is 24.3 Å².